The zero-order valence-corrected chi connectivity index (χ0v) is 8.43. The molecule has 1 aliphatic rings. The summed E-state index contributed by atoms with van der Waals surface area (Å²) >= 11 is 0. The number of rotatable bonds is 2. The first-order valence-corrected chi connectivity index (χ1v) is 4.79. The van der Waals surface area contributed by atoms with Gasteiger partial charge in [-0.05, 0) is 12.0 Å². The van der Waals surface area contributed by atoms with E-state index in [1.807, 2.05) is 30.3 Å². The fraction of sp³-hybridized carbons (Fsp3) is 0.333. The van der Waals surface area contributed by atoms with Gasteiger partial charge in [0.05, 0.1) is 24.5 Å². The lowest BCUT2D eigenvalue weighted by atomic mass is 9.95. The number of esters is 1. The summed E-state index contributed by atoms with van der Waals surface area (Å²) in [6, 6.07) is 11.6. The van der Waals surface area contributed by atoms with Crippen LogP contribution in [0.1, 0.15) is 12.0 Å². The third kappa shape index (κ3) is 1.39. The Kier molecular flexibility index (Phi) is 2.20. The summed E-state index contributed by atoms with van der Waals surface area (Å²) in [6.07, 6.45) is 0.570. The molecule has 2 atom stereocenters. The summed E-state index contributed by atoms with van der Waals surface area (Å²) in [4.78, 5) is 11.3. The highest BCUT2D eigenvalue weighted by atomic mass is 16.5. The molecule has 0 aliphatic heterocycles. The number of hydrogen-bond acceptors (Lipinski definition) is 3. The summed E-state index contributed by atoms with van der Waals surface area (Å²) in [6.45, 7) is 0. The van der Waals surface area contributed by atoms with Gasteiger partial charge in [-0.2, -0.15) is 5.26 Å². The number of ether oxygens (including phenoxy) is 1. The van der Waals surface area contributed by atoms with E-state index in [1.54, 1.807) is 0 Å². The molecule has 2 rings (SSSR count). The van der Waals surface area contributed by atoms with Crippen LogP contribution in [-0.2, 0) is 14.9 Å². The Morgan fingerprint density at radius 3 is 2.73 bits per heavy atom. The molecule has 0 radical (unpaired) electrons. The van der Waals surface area contributed by atoms with Crippen molar-refractivity contribution in [3.8, 4) is 6.07 Å². The van der Waals surface area contributed by atoms with Crippen molar-refractivity contribution in [3.05, 3.63) is 35.9 Å². The van der Waals surface area contributed by atoms with Crippen molar-refractivity contribution in [2.24, 2.45) is 5.92 Å². The van der Waals surface area contributed by atoms with E-state index in [9.17, 15) is 4.79 Å². The van der Waals surface area contributed by atoms with E-state index in [0.717, 1.165) is 5.56 Å². The molecule has 76 valence electrons. The normalized spacial score (nSPS) is 27.9. The number of methoxy groups -OCH3 is 1. The Morgan fingerprint density at radius 1 is 1.53 bits per heavy atom. The maximum Gasteiger partial charge on any atom is 0.310 e. The van der Waals surface area contributed by atoms with Crippen molar-refractivity contribution in [1.29, 1.82) is 5.26 Å². The highest BCUT2D eigenvalue weighted by Crippen LogP contribution is 2.54. The van der Waals surface area contributed by atoms with Gasteiger partial charge in [0.2, 0.25) is 0 Å². The van der Waals surface area contributed by atoms with E-state index in [4.69, 9.17) is 5.26 Å². The van der Waals surface area contributed by atoms with Gasteiger partial charge >= 0.3 is 5.97 Å². The zero-order chi connectivity index (χ0) is 10.9. The predicted octanol–water partition coefficient (Wildman–Crippen LogP) is 1.64. The largest absolute Gasteiger partial charge is 0.469 e. The van der Waals surface area contributed by atoms with Crippen LogP contribution >= 0.6 is 0 Å². The maximum absolute atomic E-state index is 11.3. The molecule has 1 aliphatic carbocycles. The van der Waals surface area contributed by atoms with Gasteiger partial charge in [0.15, 0.2) is 0 Å². The van der Waals surface area contributed by atoms with Gasteiger partial charge in [-0.3, -0.25) is 4.79 Å². The Hall–Kier alpha value is -1.82. The molecule has 0 N–H and O–H groups in total. The number of carbonyl (C=O) groups excluding carboxylic acids is 1. The smallest absolute Gasteiger partial charge is 0.310 e. The van der Waals surface area contributed by atoms with Crippen molar-refractivity contribution >= 4 is 5.97 Å². The van der Waals surface area contributed by atoms with E-state index in [-0.39, 0.29) is 11.9 Å². The van der Waals surface area contributed by atoms with Crippen LogP contribution in [0.2, 0.25) is 0 Å². The molecule has 0 saturated heterocycles. The van der Waals surface area contributed by atoms with Crippen molar-refractivity contribution in [2.75, 3.05) is 7.11 Å². The second-order valence-electron chi connectivity index (χ2n) is 3.73. The quantitative estimate of drug-likeness (QED) is 0.683. The summed E-state index contributed by atoms with van der Waals surface area (Å²) in [5.74, 6) is -0.588. The number of hydrogen-bond donors (Lipinski definition) is 0. The first-order valence-electron chi connectivity index (χ1n) is 4.79. The van der Waals surface area contributed by atoms with Gasteiger partial charge in [-0.25, -0.2) is 0 Å². The average molecular weight is 201 g/mol. The van der Waals surface area contributed by atoms with Crippen LogP contribution < -0.4 is 0 Å². The predicted molar refractivity (Wildman–Crippen MR) is 53.9 cm³/mol. The molecular weight excluding hydrogens is 190 g/mol. The highest BCUT2D eigenvalue weighted by Gasteiger charge is 2.61. The molecule has 0 aromatic heterocycles. The van der Waals surface area contributed by atoms with Gasteiger partial charge in [0.1, 0.15) is 0 Å². The third-order valence-corrected chi connectivity index (χ3v) is 2.93. The van der Waals surface area contributed by atoms with E-state index in [1.165, 1.54) is 7.11 Å². The molecule has 1 saturated carbocycles. The SMILES string of the molecule is COC(=O)[C@H]1C[C@]1(C#N)c1ccccc1. The van der Waals surface area contributed by atoms with Gasteiger partial charge in [-0.1, -0.05) is 30.3 Å². The number of benzene rings is 1. The van der Waals surface area contributed by atoms with Crippen LogP contribution in [0.4, 0.5) is 0 Å². The first-order chi connectivity index (χ1) is 7.24. The molecule has 1 aromatic rings. The molecule has 0 unspecified atom stereocenters. The number of carbonyl (C=O) groups is 1. The second-order valence-corrected chi connectivity index (χ2v) is 3.73. The second kappa shape index (κ2) is 3.39. The van der Waals surface area contributed by atoms with Crippen LogP contribution in [0.3, 0.4) is 0 Å². The molecular formula is C12H11NO2. The summed E-state index contributed by atoms with van der Waals surface area (Å²) in [5, 5.41) is 9.17. The monoisotopic (exact) mass is 201 g/mol. The lowest BCUT2D eigenvalue weighted by molar-refractivity contribution is -0.142. The van der Waals surface area contributed by atoms with Crippen LogP contribution in [-0.4, -0.2) is 13.1 Å². The van der Waals surface area contributed by atoms with Crippen LogP contribution in [0.25, 0.3) is 0 Å². The lowest BCUT2D eigenvalue weighted by Crippen LogP contribution is -2.14. The average Bonchev–Trinajstić information content (AvgIpc) is 3.05. The number of nitriles is 1. The molecule has 1 aromatic carbocycles. The Bertz CT molecular complexity index is 421. The van der Waals surface area contributed by atoms with Crippen LogP contribution in [0, 0.1) is 17.2 Å². The Labute approximate surface area is 88.3 Å². The third-order valence-electron chi connectivity index (χ3n) is 2.93. The van der Waals surface area contributed by atoms with E-state index >= 15 is 0 Å². The molecule has 15 heavy (non-hydrogen) atoms. The topological polar surface area (TPSA) is 50.1 Å². The van der Waals surface area contributed by atoms with E-state index in [0.29, 0.717) is 6.42 Å². The molecule has 0 amide bonds. The zero-order valence-electron chi connectivity index (χ0n) is 8.43. The molecule has 0 bridgehead atoms. The molecule has 0 spiro atoms. The summed E-state index contributed by atoms with van der Waals surface area (Å²) < 4.78 is 4.66. The minimum Gasteiger partial charge on any atom is -0.469 e. The van der Waals surface area contributed by atoms with E-state index in [2.05, 4.69) is 10.8 Å². The van der Waals surface area contributed by atoms with E-state index < -0.39 is 5.41 Å². The Morgan fingerprint density at radius 2 is 2.20 bits per heavy atom. The van der Waals surface area contributed by atoms with Crippen molar-refractivity contribution in [1.82, 2.24) is 0 Å². The maximum atomic E-state index is 11.3. The minimum absolute atomic E-state index is 0.291. The minimum atomic E-state index is -0.644. The standard InChI is InChI=1S/C12H11NO2/c1-15-11(14)10-7-12(10,8-13)9-5-3-2-4-6-9/h2-6,10H,7H2,1H3/t10-,12+/m1/s1. The molecule has 1 fully saturated rings. The molecule has 3 nitrogen and oxygen atoms in total. The van der Waals surface area contributed by atoms with Crippen LogP contribution in [0.15, 0.2) is 30.3 Å². The van der Waals surface area contributed by atoms with Crippen LogP contribution in [0.5, 0.6) is 0 Å². The van der Waals surface area contributed by atoms with Gasteiger partial charge in [0.25, 0.3) is 0 Å². The molecule has 3 heteroatoms. The number of nitrogens with zero attached hydrogens (tertiary/aromatic N) is 1. The Balaban J connectivity index is 2.29. The summed E-state index contributed by atoms with van der Waals surface area (Å²) in [5.41, 5.74) is 0.261. The van der Waals surface area contributed by atoms with Gasteiger partial charge in [0, 0.05) is 0 Å². The first kappa shape index (κ1) is 9.72. The molecule has 0 heterocycles. The fourth-order valence-electron chi connectivity index (χ4n) is 1.93. The van der Waals surface area contributed by atoms with Gasteiger partial charge < -0.3 is 4.74 Å². The van der Waals surface area contributed by atoms with Crippen molar-refractivity contribution < 1.29 is 9.53 Å². The highest BCUT2D eigenvalue weighted by molar-refractivity contribution is 5.80. The van der Waals surface area contributed by atoms with Crippen molar-refractivity contribution in [3.63, 3.8) is 0 Å². The fourth-order valence-corrected chi connectivity index (χ4v) is 1.93. The van der Waals surface area contributed by atoms with Gasteiger partial charge in [-0.15, -0.1) is 0 Å². The lowest BCUT2D eigenvalue weighted by Gasteiger charge is -2.07. The van der Waals surface area contributed by atoms with Crippen molar-refractivity contribution in [2.45, 2.75) is 11.8 Å². The summed E-state index contributed by atoms with van der Waals surface area (Å²) in [7, 11) is 1.35.